The first kappa shape index (κ1) is 24.5. The maximum absolute atomic E-state index is 6.08. The first-order valence-electron chi connectivity index (χ1n) is 8.95. The molecule has 3 N–H and O–H groups in total. The predicted molar refractivity (Wildman–Crippen MR) is 122 cm³/mol. The third-order valence-electron chi connectivity index (χ3n) is 3.68. The Labute approximate surface area is 188 Å². The van der Waals surface area contributed by atoms with E-state index in [0.717, 1.165) is 32.0 Å². The number of rotatable bonds is 10. The van der Waals surface area contributed by atoms with Crippen LogP contribution < -0.4 is 16.0 Å². The molecule has 27 heavy (non-hydrogen) atoms. The summed E-state index contributed by atoms with van der Waals surface area (Å²) in [6.07, 6.45) is 3.70. The van der Waals surface area contributed by atoms with Gasteiger partial charge in [0.15, 0.2) is 5.96 Å². The van der Waals surface area contributed by atoms with E-state index in [0.29, 0.717) is 48.7 Å². The van der Waals surface area contributed by atoms with Gasteiger partial charge < -0.3 is 25.4 Å². The second-order valence-corrected chi connectivity index (χ2v) is 6.65. The first-order valence-corrected chi connectivity index (χ1v) is 9.71. The third kappa shape index (κ3) is 9.98. The normalized spacial score (nSPS) is 16.7. The maximum Gasteiger partial charge on any atom is 0.191 e. The van der Waals surface area contributed by atoms with Crippen molar-refractivity contribution in [3.63, 3.8) is 0 Å². The van der Waals surface area contributed by atoms with Gasteiger partial charge in [-0.15, -0.1) is 24.0 Å². The van der Waals surface area contributed by atoms with Crippen molar-refractivity contribution in [3.05, 3.63) is 22.3 Å². The Morgan fingerprint density at radius 2 is 2.22 bits per heavy atom. The van der Waals surface area contributed by atoms with E-state index >= 15 is 0 Å². The number of ether oxygens (including phenoxy) is 2. The van der Waals surface area contributed by atoms with E-state index in [1.54, 1.807) is 12.3 Å². The molecule has 0 aliphatic carbocycles. The van der Waals surface area contributed by atoms with Crippen molar-refractivity contribution in [1.82, 2.24) is 15.6 Å². The van der Waals surface area contributed by atoms with Crippen LogP contribution in [-0.2, 0) is 9.47 Å². The zero-order chi connectivity index (χ0) is 18.6. The molecule has 1 aromatic heterocycles. The molecule has 0 spiro atoms. The van der Waals surface area contributed by atoms with Gasteiger partial charge in [0.2, 0.25) is 0 Å². The van der Waals surface area contributed by atoms with E-state index in [1.165, 1.54) is 0 Å². The lowest BCUT2D eigenvalue weighted by molar-refractivity contribution is 0.0424. The monoisotopic (exact) mass is 531 g/mol. The average Bonchev–Trinajstić information content (AvgIpc) is 3.13. The number of aliphatic imine (C=N–C) groups is 1. The van der Waals surface area contributed by atoms with Gasteiger partial charge in [0.05, 0.1) is 22.8 Å². The molecule has 1 aliphatic heterocycles. The fourth-order valence-corrected chi connectivity index (χ4v) is 2.84. The highest BCUT2D eigenvalue weighted by atomic mass is 127. The van der Waals surface area contributed by atoms with Crippen LogP contribution in [0.3, 0.4) is 0 Å². The van der Waals surface area contributed by atoms with Crippen LogP contribution >= 0.6 is 47.2 Å². The molecule has 154 valence electrons. The van der Waals surface area contributed by atoms with Crippen molar-refractivity contribution in [1.29, 1.82) is 0 Å². The predicted octanol–water partition coefficient (Wildman–Crippen LogP) is 3.17. The van der Waals surface area contributed by atoms with Crippen molar-refractivity contribution >= 4 is 59.0 Å². The van der Waals surface area contributed by atoms with Crippen LogP contribution in [0.1, 0.15) is 19.8 Å². The van der Waals surface area contributed by atoms with Crippen molar-refractivity contribution in [3.8, 4) is 0 Å². The molecule has 1 fully saturated rings. The Morgan fingerprint density at radius 1 is 1.37 bits per heavy atom. The number of anilines is 1. The Balaban J connectivity index is 0.00000364. The van der Waals surface area contributed by atoms with Crippen LogP contribution in [0.4, 0.5) is 5.82 Å². The van der Waals surface area contributed by atoms with E-state index in [2.05, 4.69) is 25.9 Å². The number of nitrogens with one attached hydrogen (secondary N) is 3. The van der Waals surface area contributed by atoms with Crippen LogP contribution in [0.15, 0.2) is 17.3 Å². The molecular formula is C17H28Cl2IN5O2. The van der Waals surface area contributed by atoms with Gasteiger partial charge in [0.25, 0.3) is 0 Å². The molecular weight excluding hydrogens is 504 g/mol. The molecule has 10 heteroatoms. The maximum atomic E-state index is 6.08. The fraction of sp³-hybridized carbons (Fsp3) is 0.647. The van der Waals surface area contributed by atoms with Crippen LogP contribution in [0.25, 0.3) is 0 Å². The number of aromatic nitrogens is 1. The number of hydrogen-bond donors (Lipinski definition) is 3. The molecule has 1 unspecified atom stereocenters. The molecule has 0 aromatic carbocycles. The minimum Gasteiger partial charge on any atom is -0.379 e. The third-order valence-corrected chi connectivity index (χ3v) is 4.17. The summed E-state index contributed by atoms with van der Waals surface area (Å²) in [7, 11) is 0. The average molecular weight is 532 g/mol. The van der Waals surface area contributed by atoms with Gasteiger partial charge in [-0.1, -0.05) is 23.2 Å². The Bertz CT molecular complexity index is 574. The van der Waals surface area contributed by atoms with Gasteiger partial charge in [-0.3, -0.25) is 4.99 Å². The topological polar surface area (TPSA) is 79.8 Å². The Morgan fingerprint density at radius 3 is 2.93 bits per heavy atom. The highest BCUT2D eigenvalue weighted by molar-refractivity contribution is 14.0. The zero-order valence-corrected chi connectivity index (χ0v) is 19.3. The Hall–Kier alpha value is -0.550. The summed E-state index contributed by atoms with van der Waals surface area (Å²) in [5.41, 5.74) is 0. The van der Waals surface area contributed by atoms with E-state index in [4.69, 9.17) is 32.7 Å². The van der Waals surface area contributed by atoms with Gasteiger partial charge in [0, 0.05) is 45.6 Å². The van der Waals surface area contributed by atoms with Crippen LogP contribution in [-0.4, -0.2) is 63.0 Å². The minimum atomic E-state index is 0. The molecule has 2 rings (SSSR count). The van der Waals surface area contributed by atoms with Crippen LogP contribution in [0.2, 0.25) is 10.0 Å². The molecule has 0 amide bonds. The summed E-state index contributed by atoms with van der Waals surface area (Å²) >= 11 is 11.9. The van der Waals surface area contributed by atoms with Crippen molar-refractivity contribution in [2.45, 2.75) is 25.9 Å². The van der Waals surface area contributed by atoms with Gasteiger partial charge in [-0.2, -0.15) is 0 Å². The van der Waals surface area contributed by atoms with E-state index in [9.17, 15) is 0 Å². The van der Waals surface area contributed by atoms with Gasteiger partial charge in [-0.05, 0) is 25.8 Å². The molecule has 7 nitrogen and oxygen atoms in total. The number of pyridine rings is 1. The summed E-state index contributed by atoms with van der Waals surface area (Å²) in [6, 6.07) is 1.66. The molecule has 1 aromatic rings. The second kappa shape index (κ2) is 14.4. The highest BCUT2D eigenvalue weighted by Gasteiger charge is 2.15. The summed E-state index contributed by atoms with van der Waals surface area (Å²) < 4.78 is 11.0. The van der Waals surface area contributed by atoms with E-state index < -0.39 is 0 Å². The summed E-state index contributed by atoms with van der Waals surface area (Å²) in [4.78, 5) is 8.71. The molecule has 0 saturated carbocycles. The number of hydrogen-bond acceptors (Lipinski definition) is 5. The number of halogens is 3. The minimum absolute atomic E-state index is 0. The molecule has 2 heterocycles. The van der Waals surface area contributed by atoms with Crippen molar-refractivity contribution in [2.24, 2.45) is 4.99 Å². The molecule has 0 radical (unpaired) electrons. The van der Waals surface area contributed by atoms with E-state index in [1.807, 2.05) is 6.92 Å². The zero-order valence-electron chi connectivity index (χ0n) is 15.5. The van der Waals surface area contributed by atoms with Gasteiger partial charge in [-0.25, -0.2) is 4.98 Å². The van der Waals surface area contributed by atoms with Gasteiger partial charge in [0.1, 0.15) is 5.82 Å². The number of guanidine groups is 1. The molecule has 0 bridgehead atoms. The van der Waals surface area contributed by atoms with Crippen LogP contribution in [0, 0.1) is 0 Å². The Kier molecular flexibility index (Phi) is 13.1. The molecule has 1 aliphatic rings. The lowest BCUT2D eigenvalue weighted by atomic mass is 10.3. The summed E-state index contributed by atoms with van der Waals surface area (Å²) in [5.74, 6) is 1.40. The van der Waals surface area contributed by atoms with Crippen molar-refractivity contribution < 1.29 is 9.47 Å². The summed E-state index contributed by atoms with van der Waals surface area (Å²) in [6.45, 7) is 7.12. The SMILES string of the molecule is CCNC(=NCCCOC1CCOC1)NCCNc1ncc(Cl)cc1Cl.I. The van der Waals surface area contributed by atoms with E-state index in [-0.39, 0.29) is 30.1 Å². The van der Waals surface area contributed by atoms with Crippen LogP contribution in [0.5, 0.6) is 0 Å². The largest absolute Gasteiger partial charge is 0.379 e. The van der Waals surface area contributed by atoms with Crippen molar-refractivity contribution in [2.75, 3.05) is 51.3 Å². The lowest BCUT2D eigenvalue weighted by Gasteiger charge is -2.13. The number of nitrogens with zero attached hydrogens (tertiary/aromatic N) is 2. The standard InChI is InChI=1S/C17H27Cl2N5O2.HI/c1-2-20-17(22-5-3-8-26-14-4-9-25-12-14)23-7-6-21-16-15(19)10-13(18)11-24-16;/h10-11,14H,2-9,12H2,1H3,(H,21,24)(H2,20,22,23);1H. The molecule has 1 saturated heterocycles. The fourth-order valence-electron chi connectivity index (χ4n) is 2.40. The quantitative estimate of drug-likeness (QED) is 0.186. The highest BCUT2D eigenvalue weighted by Crippen LogP contribution is 2.21. The smallest absolute Gasteiger partial charge is 0.191 e. The molecule has 1 atom stereocenters. The summed E-state index contributed by atoms with van der Waals surface area (Å²) in [5, 5.41) is 10.7. The lowest BCUT2D eigenvalue weighted by Crippen LogP contribution is -2.39. The second-order valence-electron chi connectivity index (χ2n) is 5.81. The first-order chi connectivity index (χ1) is 12.7. The van der Waals surface area contributed by atoms with Gasteiger partial charge >= 0.3 is 0 Å².